The van der Waals surface area contributed by atoms with Gasteiger partial charge in [-0.1, -0.05) is 12.1 Å². The number of hydrogen-bond acceptors (Lipinski definition) is 5. The lowest BCUT2D eigenvalue weighted by Gasteiger charge is -2.24. The van der Waals surface area contributed by atoms with Crippen LogP contribution in [0.4, 0.5) is 0 Å². The van der Waals surface area contributed by atoms with Crippen LogP contribution in [0.15, 0.2) is 41.5 Å². The van der Waals surface area contributed by atoms with Gasteiger partial charge in [0.15, 0.2) is 0 Å². The summed E-state index contributed by atoms with van der Waals surface area (Å²) in [5.41, 5.74) is 1.86. The fraction of sp³-hybridized carbons (Fsp3) is 0.353. The van der Waals surface area contributed by atoms with E-state index >= 15 is 0 Å². The lowest BCUT2D eigenvalue weighted by atomic mass is 10.0. The van der Waals surface area contributed by atoms with E-state index in [4.69, 9.17) is 4.74 Å². The molecule has 7 nitrogen and oxygen atoms in total. The summed E-state index contributed by atoms with van der Waals surface area (Å²) in [6.07, 6.45) is 3.70. The molecule has 2 aromatic heterocycles. The molecule has 1 fully saturated rings. The second-order valence-electron chi connectivity index (χ2n) is 6.01. The van der Waals surface area contributed by atoms with Gasteiger partial charge in [0.25, 0.3) is 11.3 Å². The quantitative estimate of drug-likeness (QED) is 0.791. The van der Waals surface area contributed by atoms with Crippen molar-refractivity contribution < 1.29 is 4.74 Å². The first kappa shape index (κ1) is 14.9. The number of H-pyrrole nitrogens is 1. The van der Waals surface area contributed by atoms with Crippen molar-refractivity contribution in [3.8, 4) is 5.75 Å². The largest absolute Gasteiger partial charge is 0.497 e. The lowest BCUT2D eigenvalue weighted by Crippen LogP contribution is -2.25. The Kier molecular flexibility index (Phi) is 3.78. The molecule has 7 heteroatoms. The summed E-state index contributed by atoms with van der Waals surface area (Å²) in [4.78, 5) is 23.0. The summed E-state index contributed by atoms with van der Waals surface area (Å²) in [6, 6.07) is 10.1. The van der Waals surface area contributed by atoms with E-state index in [0.717, 1.165) is 30.8 Å². The molecular weight excluding hydrogens is 306 g/mol. The molecule has 1 aromatic carbocycles. The molecule has 1 N–H and O–H groups in total. The van der Waals surface area contributed by atoms with Crippen molar-refractivity contribution in [1.29, 1.82) is 0 Å². The van der Waals surface area contributed by atoms with Gasteiger partial charge in [0.2, 0.25) is 0 Å². The van der Waals surface area contributed by atoms with Crippen molar-refractivity contribution in [3.05, 3.63) is 58.3 Å². The van der Waals surface area contributed by atoms with Gasteiger partial charge in [0, 0.05) is 18.7 Å². The number of nitrogens with zero attached hydrogens (tertiary/aromatic N) is 4. The Morgan fingerprint density at radius 1 is 1.38 bits per heavy atom. The van der Waals surface area contributed by atoms with Crippen LogP contribution in [0.1, 0.15) is 30.1 Å². The average Bonchev–Trinajstić information content (AvgIpc) is 3.24. The summed E-state index contributed by atoms with van der Waals surface area (Å²) in [6.45, 7) is 1.63. The molecule has 0 bridgehead atoms. The highest BCUT2D eigenvalue weighted by atomic mass is 16.5. The first-order chi connectivity index (χ1) is 11.7. The Hall–Kier alpha value is -2.67. The van der Waals surface area contributed by atoms with Gasteiger partial charge in [-0.05, 0) is 37.1 Å². The van der Waals surface area contributed by atoms with Crippen LogP contribution < -0.4 is 10.3 Å². The van der Waals surface area contributed by atoms with Gasteiger partial charge < -0.3 is 4.74 Å². The van der Waals surface area contributed by atoms with E-state index in [1.54, 1.807) is 13.2 Å². The number of rotatable bonds is 4. The predicted octanol–water partition coefficient (Wildman–Crippen LogP) is 1.76. The SMILES string of the molecule is COc1cccc([C@@H]2CCCN2Cc2cc(=O)n3[nH]cnc3n2)c1. The molecule has 124 valence electrons. The molecule has 0 aliphatic carbocycles. The summed E-state index contributed by atoms with van der Waals surface area (Å²) in [7, 11) is 1.68. The van der Waals surface area contributed by atoms with E-state index < -0.39 is 0 Å². The second kappa shape index (κ2) is 6.09. The number of methoxy groups -OCH3 is 1. The van der Waals surface area contributed by atoms with Crippen LogP contribution >= 0.6 is 0 Å². The van der Waals surface area contributed by atoms with Gasteiger partial charge in [-0.2, -0.15) is 4.52 Å². The Bertz CT molecular complexity index is 916. The molecule has 0 unspecified atom stereocenters. The Morgan fingerprint density at radius 2 is 2.29 bits per heavy atom. The van der Waals surface area contributed by atoms with Gasteiger partial charge in [0.1, 0.15) is 12.1 Å². The molecule has 0 spiro atoms. The Morgan fingerprint density at radius 3 is 3.17 bits per heavy atom. The normalized spacial score (nSPS) is 18.3. The molecule has 3 aromatic rings. The third-order valence-electron chi connectivity index (χ3n) is 4.53. The highest BCUT2D eigenvalue weighted by Crippen LogP contribution is 2.34. The first-order valence-electron chi connectivity index (χ1n) is 8.04. The van der Waals surface area contributed by atoms with E-state index in [0.29, 0.717) is 18.4 Å². The van der Waals surface area contributed by atoms with Crippen LogP contribution in [0.5, 0.6) is 5.75 Å². The summed E-state index contributed by atoms with van der Waals surface area (Å²) in [5.74, 6) is 1.28. The zero-order chi connectivity index (χ0) is 16.5. The molecule has 0 amide bonds. The number of likely N-dealkylation sites (tertiary alicyclic amines) is 1. The molecule has 1 aliphatic heterocycles. The maximum atomic E-state index is 12.1. The molecule has 4 rings (SSSR count). The smallest absolute Gasteiger partial charge is 0.274 e. The van der Waals surface area contributed by atoms with Gasteiger partial charge in [-0.25, -0.2) is 9.97 Å². The molecule has 0 saturated carbocycles. The summed E-state index contributed by atoms with van der Waals surface area (Å²) < 4.78 is 6.68. The number of nitrogens with one attached hydrogen (secondary N) is 1. The van der Waals surface area contributed by atoms with Crippen molar-refractivity contribution in [1.82, 2.24) is 24.5 Å². The molecule has 1 saturated heterocycles. The summed E-state index contributed by atoms with van der Waals surface area (Å²) in [5, 5.41) is 2.76. The Balaban J connectivity index is 1.61. The Labute approximate surface area is 138 Å². The molecule has 0 radical (unpaired) electrons. The van der Waals surface area contributed by atoms with Crippen molar-refractivity contribution in [2.75, 3.05) is 13.7 Å². The minimum absolute atomic E-state index is 0.135. The van der Waals surface area contributed by atoms with E-state index in [9.17, 15) is 4.79 Å². The van der Waals surface area contributed by atoms with E-state index in [1.165, 1.54) is 16.4 Å². The third-order valence-corrected chi connectivity index (χ3v) is 4.53. The number of ether oxygens (including phenoxy) is 1. The number of fused-ring (bicyclic) bond motifs is 1. The van der Waals surface area contributed by atoms with Gasteiger partial charge >= 0.3 is 0 Å². The third kappa shape index (κ3) is 2.67. The zero-order valence-corrected chi connectivity index (χ0v) is 13.5. The minimum atomic E-state index is -0.135. The van der Waals surface area contributed by atoms with Crippen LogP contribution in [-0.2, 0) is 6.54 Å². The van der Waals surface area contributed by atoms with Crippen molar-refractivity contribution >= 4 is 5.78 Å². The van der Waals surface area contributed by atoms with Gasteiger partial charge in [-0.3, -0.25) is 14.8 Å². The molecule has 1 aliphatic rings. The van der Waals surface area contributed by atoms with Crippen LogP contribution in [0, 0.1) is 0 Å². The maximum absolute atomic E-state index is 12.1. The number of aromatic nitrogens is 4. The van der Waals surface area contributed by atoms with Crippen molar-refractivity contribution in [2.45, 2.75) is 25.4 Å². The summed E-state index contributed by atoms with van der Waals surface area (Å²) >= 11 is 0. The number of hydrogen-bond donors (Lipinski definition) is 1. The molecule has 24 heavy (non-hydrogen) atoms. The fourth-order valence-electron chi connectivity index (χ4n) is 3.40. The molecule has 1 atom stereocenters. The van der Waals surface area contributed by atoms with Crippen LogP contribution in [0.25, 0.3) is 5.78 Å². The van der Waals surface area contributed by atoms with E-state index in [-0.39, 0.29) is 5.56 Å². The van der Waals surface area contributed by atoms with Crippen molar-refractivity contribution in [3.63, 3.8) is 0 Å². The number of aromatic amines is 1. The van der Waals surface area contributed by atoms with Crippen molar-refractivity contribution in [2.24, 2.45) is 0 Å². The molecule has 3 heterocycles. The van der Waals surface area contributed by atoms with E-state index in [1.807, 2.05) is 12.1 Å². The highest BCUT2D eigenvalue weighted by molar-refractivity contribution is 5.31. The minimum Gasteiger partial charge on any atom is -0.497 e. The standard InChI is InChI=1S/C17H19N5O2/c1-24-14-5-2-4-12(8-14)15-6-3-7-21(15)10-13-9-16(23)22-17(20-13)18-11-19-22/h2,4-5,8-9,11,15H,3,6-7,10H2,1H3,(H,18,19,20)/t15-/m0/s1. The van der Waals surface area contributed by atoms with Gasteiger partial charge in [-0.15, -0.1) is 0 Å². The van der Waals surface area contributed by atoms with Crippen LogP contribution in [0.3, 0.4) is 0 Å². The average molecular weight is 325 g/mol. The first-order valence-corrected chi connectivity index (χ1v) is 8.04. The topological polar surface area (TPSA) is 75.5 Å². The van der Waals surface area contributed by atoms with Gasteiger partial charge in [0.05, 0.1) is 12.8 Å². The van der Waals surface area contributed by atoms with E-state index in [2.05, 4.69) is 32.1 Å². The fourth-order valence-corrected chi connectivity index (χ4v) is 3.40. The zero-order valence-electron chi connectivity index (χ0n) is 13.5. The van der Waals surface area contributed by atoms with Crippen LogP contribution in [0.2, 0.25) is 0 Å². The second-order valence-corrected chi connectivity index (χ2v) is 6.01. The molecular formula is C17H19N5O2. The van der Waals surface area contributed by atoms with Crippen LogP contribution in [-0.4, -0.2) is 38.1 Å². The lowest BCUT2D eigenvalue weighted by molar-refractivity contribution is 0.245. The highest BCUT2D eigenvalue weighted by Gasteiger charge is 2.26. The predicted molar refractivity (Wildman–Crippen MR) is 89.0 cm³/mol. The monoisotopic (exact) mass is 325 g/mol. The maximum Gasteiger partial charge on any atom is 0.274 e. The number of benzene rings is 1.